The first kappa shape index (κ1) is 20.7. The zero-order valence-electron chi connectivity index (χ0n) is 15.3. The van der Waals surface area contributed by atoms with Crippen molar-refractivity contribution in [2.24, 2.45) is 0 Å². The Morgan fingerprint density at radius 2 is 1.88 bits per heavy atom. The lowest BCUT2D eigenvalue weighted by Crippen LogP contribution is -2.36. The molecule has 1 aromatic carbocycles. The van der Waals surface area contributed by atoms with Crippen LogP contribution in [0.1, 0.15) is 48.7 Å². The summed E-state index contributed by atoms with van der Waals surface area (Å²) in [5, 5.41) is 7.40. The smallest absolute Gasteiger partial charge is 0.251 e. The van der Waals surface area contributed by atoms with E-state index in [4.69, 9.17) is 4.74 Å². The molecule has 1 aliphatic rings. The van der Waals surface area contributed by atoms with Crippen molar-refractivity contribution in [3.05, 3.63) is 52.2 Å². The van der Waals surface area contributed by atoms with Crippen LogP contribution in [-0.2, 0) is 0 Å². The molecule has 6 heteroatoms. The lowest BCUT2D eigenvalue weighted by atomic mass is 10.1. The minimum atomic E-state index is -0.0319. The maximum atomic E-state index is 12.5. The second kappa shape index (κ2) is 9.95. The highest BCUT2D eigenvalue weighted by Crippen LogP contribution is 2.26. The summed E-state index contributed by atoms with van der Waals surface area (Å²) >= 11 is 1.71. The SMILES string of the molecule is CC(C)Oc1ccc(C(=O)NCC(c2ccsc2)N2CCCC2)cc1.Cl. The minimum Gasteiger partial charge on any atom is -0.491 e. The Hall–Kier alpha value is -1.56. The van der Waals surface area contributed by atoms with Crippen molar-refractivity contribution in [3.63, 3.8) is 0 Å². The van der Waals surface area contributed by atoms with Gasteiger partial charge in [0.2, 0.25) is 0 Å². The highest BCUT2D eigenvalue weighted by Gasteiger charge is 2.24. The number of carbonyl (C=O) groups is 1. The maximum Gasteiger partial charge on any atom is 0.251 e. The van der Waals surface area contributed by atoms with Gasteiger partial charge in [-0.25, -0.2) is 0 Å². The maximum absolute atomic E-state index is 12.5. The molecule has 2 heterocycles. The van der Waals surface area contributed by atoms with Crippen LogP contribution >= 0.6 is 23.7 Å². The van der Waals surface area contributed by atoms with Crippen LogP contribution in [0.4, 0.5) is 0 Å². The van der Waals surface area contributed by atoms with E-state index in [0.29, 0.717) is 12.1 Å². The summed E-state index contributed by atoms with van der Waals surface area (Å²) in [4.78, 5) is 15.0. The average molecular weight is 395 g/mol. The predicted octanol–water partition coefficient (Wildman–Crippen LogP) is 4.52. The number of amides is 1. The Morgan fingerprint density at radius 3 is 2.46 bits per heavy atom. The Bertz CT molecular complexity index is 668. The Labute approximate surface area is 166 Å². The number of likely N-dealkylation sites (tertiary alicyclic amines) is 1. The Kier molecular flexibility index (Phi) is 7.94. The van der Waals surface area contributed by atoms with Gasteiger partial charge in [-0.1, -0.05) is 0 Å². The first-order chi connectivity index (χ1) is 12.1. The van der Waals surface area contributed by atoms with Crippen LogP contribution in [0.5, 0.6) is 5.75 Å². The van der Waals surface area contributed by atoms with Crippen LogP contribution < -0.4 is 10.1 Å². The van der Waals surface area contributed by atoms with E-state index in [1.807, 2.05) is 38.1 Å². The molecule has 1 aliphatic heterocycles. The molecule has 142 valence electrons. The van der Waals surface area contributed by atoms with Gasteiger partial charge in [0.15, 0.2) is 0 Å². The molecule has 0 radical (unpaired) electrons. The van der Waals surface area contributed by atoms with E-state index in [1.165, 1.54) is 18.4 Å². The highest BCUT2D eigenvalue weighted by molar-refractivity contribution is 7.07. The van der Waals surface area contributed by atoms with Gasteiger partial charge in [0.25, 0.3) is 5.91 Å². The molecule has 4 nitrogen and oxygen atoms in total. The molecule has 0 bridgehead atoms. The van der Waals surface area contributed by atoms with Crippen molar-refractivity contribution in [1.82, 2.24) is 10.2 Å². The van der Waals surface area contributed by atoms with Gasteiger partial charge >= 0.3 is 0 Å². The quantitative estimate of drug-likeness (QED) is 0.750. The monoisotopic (exact) mass is 394 g/mol. The third-order valence-electron chi connectivity index (χ3n) is 4.45. The van der Waals surface area contributed by atoms with Crippen LogP contribution in [0.25, 0.3) is 0 Å². The number of nitrogens with zero attached hydrogens (tertiary/aromatic N) is 1. The van der Waals surface area contributed by atoms with Gasteiger partial charge in [0.1, 0.15) is 5.75 Å². The molecule has 1 atom stereocenters. The van der Waals surface area contributed by atoms with E-state index < -0.39 is 0 Å². The number of thiophene rings is 1. The topological polar surface area (TPSA) is 41.6 Å². The van der Waals surface area contributed by atoms with Crippen molar-refractivity contribution in [2.45, 2.75) is 38.8 Å². The summed E-state index contributed by atoms with van der Waals surface area (Å²) in [6.45, 7) is 6.84. The molecule has 1 N–H and O–H groups in total. The zero-order valence-corrected chi connectivity index (χ0v) is 16.9. The third kappa shape index (κ3) is 5.47. The standard InChI is InChI=1S/C20H26N2O2S.ClH/c1-15(2)24-18-7-5-16(6-8-18)20(23)21-13-19(17-9-12-25-14-17)22-10-3-4-11-22;/h5-9,12,14-15,19H,3-4,10-11,13H2,1-2H3,(H,21,23);1H. The van der Waals surface area contributed by atoms with Gasteiger partial charge in [-0.05, 0) is 86.4 Å². The van der Waals surface area contributed by atoms with Crippen molar-refractivity contribution >= 4 is 29.7 Å². The van der Waals surface area contributed by atoms with Gasteiger partial charge in [-0.3, -0.25) is 9.69 Å². The van der Waals surface area contributed by atoms with Crippen molar-refractivity contribution in [1.29, 1.82) is 0 Å². The second-order valence-corrected chi connectivity index (χ2v) is 7.50. The number of benzene rings is 1. The molecule has 1 fully saturated rings. The number of hydrogen-bond acceptors (Lipinski definition) is 4. The van der Waals surface area contributed by atoms with E-state index in [1.54, 1.807) is 11.3 Å². The number of nitrogens with one attached hydrogen (secondary N) is 1. The molecule has 1 unspecified atom stereocenters. The molecular weight excluding hydrogens is 368 g/mol. The summed E-state index contributed by atoms with van der Waals surface area (Å²) in [5.74, 6) is 0.760. The van der Waals surface area contributed by atoms with E-state index >= 15 is 0 Å². The molecule has 3 rings (SSSR count). The summed E-state index contributed by atoms with van der Waals surface area (Å²) in [6, 6.07) is 9.78. The number of rotatable bonds is 7. The largest absolute Gasteiger partial charge is 0.491 e. The van der Waals surface area contributed by atoms with E-state index in [9.17, 15) is 4.79 Å². The normalized spacial score (nSPS) is 15.5. The first-order valence-electron chi connectivity index (χ1n) is 8.94. The van der Waals surface area contributed by atoms with Crippen molar-refractivity contribution in [2.75, 3.05) is 19.6 Å². The fourth-order valence-electron chi connectivity index (χ4n) is 3.22. The van der Waals surface area contributed by atoms with Gasteiger partial charge in [0, 0.05) is 12.1 Å². The summed E-state index contributed by atoms with van der Waals surface area (Å²) in [5.41, 5.74) is 1.97. The summed E-state index contributed by atoms with van der Waals surface area (Å²) < 4.78 is 5.63. The molecule has 1 amide bonds. The van der Waals surface area contributed by atoms with E-state index in [2.05, 4.69) is 27.0 Å². The van der Waals surface area contributed by atoms with Gasteiger partial charge in [-0.2, -0.15) is 11.3 Å². The molecule has 26 heavy (non-hydrogen) atoms. The average Bonchev–Trinajstić information content (AvgIpc) is 3.29. The van der Waals surface area contributed by atoms with Crippen LogP contribution in [0.15, 0.2) is 41.1 Å². The van der Waals surface area contributed by atoms with Crippen LogP contribution in [-0.4, -0.2) is 36.5 Å². The number of carbonyl (C=O) groups excluding carboxylic acids is 1. The summed E-state index contributed by atoms with van der Waals surface area (Å²) in [7, 11) is 0. The lowest BCUT2D eigenvalue weighted by molar-refractivity contribution is 0.0938. The van der Waals surface area contributed by atoms with Crippen LogP contribution in [0, 0.1) is 0 Å². The second-order valence-electron chi connectivity index (χ2n) is 6.72. The van der Waals surface area contributed by atoms with E-state index in [0.717, 1.165) is 18.8 Å². The molecule has 1 saturated heterocycles. The minimum absolute atomic E-state index is 0. The number of ether oxygens (including phenoxy) is 1. The van der Waals surface area contributed by atoms with Crippen LogP contribution in [0.3, 0.4) is 0 Å². The Balaban J connectivity index is 0.00000243. The molecule has 1 aromatic heterocycles. The lowest BCUT2D eigenvalue weighted by Gasteiger charge is -2.27. The third-order valence-corrected chi connectivity index (χ3v) is 5.16. The van der Waals surface area contributed by atoms with Crippen molar-refractivity contribution in [3.8, 4) is 5.75 Å². The van der Waals surface area contributed by atoms with E-state index in [-0.39, 0.29) is 30.5 Å². The molecule has 0 aliphatic carbocycles. The fourth-order valence-corrected chi connectivity index (χ4v) is 3.93. The van der Waals surface area contributed by atoms with Crippen molar-refractivity contribution < 1.29 is 9.53 Å². The molecule has 2 aromatic rings. The Morgan fingerprint density at radius 1 is 1.19 bits per heavy atom. The van der Waals surface area contributed by atoms with Crippen LogP contribution in [0.2, 0.25) is 0 Å². The number of hydrogen-bond donors (Lipinski definition) is 1. The molecule has 0 spiro atoms. The molecular formula is C20H27ClN2O2S. The summed E-state index contributed by atoms with van der Waals surface area (Å²) in [6.07, 6.45) is 2.61. The van der Waals surface area contributed by atoms with Gasteiger partial charge < -0.3 is 10.1 Å². The highest BCUT2D eigenvalue weighted by atomic mass is 35.5. The predicted molar refractivity (Wildman–Crippen MR) is 110 cm³/mol. The van der Waals surface area contributed by atoms with Gasteiger partial charge in [-0.15, -0.1) is 12.4 Å². The molecule has 0 saturated carbocycles. The fraction of sp³-hybridized carbons (Fsp3) is 0.450. The number of halogens is 1. The zero-order chi connectivity index (χ0) is 17.6. The first-order valence-corrected chi connectivity index (χ1v) is 9.89. The van der Waals surface area contributed by atoms with Gasteiger partial charge in [0.05, 0.1) is 12.1 Å².